The summed E-state index contributed by atoms with van der Waals surface area (Å²) in [6.45, 7) is 2.28. The van der Waals surface area contributed by atoms with Crippen molar-refractivity contribution in [1.29, 1.82) is 0 Å². The molecule has 21 heavy (non-hydrogen) atoms. The van der Waals surface area contributed by atoms with Crippen molar-refractivity contribution in [2.75, 3.05) is 18.3 Å². The molecule has 0 amide bonds. The third kappa shape index (κ3) is 3.50. The Kier molecular flexibility index (Phi) is 4.67. The fraction of sp³-hybridized carbons (Fsp3) is 0.308. The lowest BCUT2D eigenvalue weighted by molar-refractivity contribution is 0.102. The third-order valence-electron chi connectivity index (χ3n) is 2.68. The number of ketones is 1. The quantitative estimate of drug-likeness (QED) is 0.590. The predicted octanol–water partition coefficient (Wildman–Crippen LogP) is 3.35. The van der Waals surface area contributed by atoms with Crippen molar-refractivity contribution in [3.63, 3.8) is 0 Å². The Morgan fingerprint density at radius 1 is 1.24 bits per heavy atom. The standard InChI is InChI=1S/C13H12N2O3S3/c1-2-19-12-14-15-13(21-12)20-6-9(16)8-3-4-10-11(5-8)18-7-17-10/h3-5H,2,6-7H2,1H3. The summed E-state index contributed by atoms with van der Waals surface area (Å²) in [5, 5.41) is 8.14. The average Bonchev–Trinajstić information content (AvgIpc) is 3.13. The number of thioether (sulfide) groups is 2. The highest BCUT2D eigenvalue weighted by atomic mass is 32.2. The second kappa shape index (κ2) is 6.67. The molecule has 1 aromatic carbocycles. The Bertz CT molecular complexity index is 660. The van der Waals surface area contributed by atoms with Crippen molar-refractivity contribution >= 4 is 40.6 Å². The number of rotatable bonds is 6. The molecule has 0 radical (unpaired) electrons. The van der Waals surface area contributed by atoms with Gasteiger partial charge in [0, 0.05) is 5.56 Å². The lowest BCUT2D eigenvalue weighted by Crippen LogP contribution is -2.02. The van der Waals surface area contributed by atoms with Crippen molar-refractivity contribution in [2.24, 2.45) is 0 Å². The van der Waals surface area contributed by atoms with E-state index in [1.54, 1.807) is 30.0 Å². The van der Waals surface area contributed by atoms with Gasteiger partial charge in [-0.25, -0.2) is 0 Å². The average molecular weight is 340 g/mol. The highest BCUT2D eigenvalue weighted by Gasteiger charge is 2.16. The van der Waals surface area contributed by atoms with Gasteiger partial charge in [0.1, 0.15) is 0 Å². The number of Topliss-reactive ketones (excluding diaryl/α,β-unsaturated/α-hetero) is 1. The molecule has 1 aliphatic heterocycles. The maximum absolute atomic E-state index is 12.2. The molecule has 0 spiro atoms. The minimum Gasteiger partial charge on any atom is -0.454 e. The number of fused-ring (bicyclic) bond motifs is 1. The summed E-state index contributed by atoms with van der Waals surface area (Å²) in [5.41, 5.74) is 0.624. The van der Waals surface area contributed by atoms with Crippen molar-refractivity contribution in [1.82, 2.24) is 10.2 Å². The molecule has 0 fully saturated rings. The van der Waals surface area contributed by atoms with E-state index >= 15 is 0 Å². The molecule has 0 atom stereocenters. The van der Waals surface area contributed by atoms with Gasteiger partial charge in [0.05, 0.1) is 5.75 Å². The van der Waals surface area contributed by atoms with Gasteiger partial charge >= 0.3 is 0 Å². The van der Waals surface area contributed by atoms with E-state index in [0.29, 0.717) is 22.8 Å². The van der Waals surface area contributed by atoms with E-state index in [-0.39, 0.29) is 12.6 Å². The Labute approximate surface area is 134 Å². The second-order valence-electron chi connectivity index (χ2n) is 4.05. The lowest BCUT2D eigenvalue weighted by Gasteiger charge is -2.01. The van der Waals surface area contributed by atoms with Gasteiger partial charge in [-0.1, -0.05) is 41.8 Å². The zero-order valence-electron chi connectivity index (χ0n) is 11.2. The first-order valence-electron chi connectivity index (χ1n) is 6.28. The number of hydrogen-bond donors (Lipinski definition) is 0. The number of benzene rings is 1. The van der Waals surface area contributed by atoms with Gasteiger partial charge in [0.15, 0.2) is 26.0 Å². The van der Waals surface area contributed by atoms with Crippen LogP contribution in [0.1, 0.15) is 17.3 Å². The first-order chi connectivity index (χ1) is 10.3. The van der Waals surface area contributed by atoms with Crippen LogP contribution >= 0.6 is 34.9 Å². The third-order valence-corrected chi connectivity index (χ3v) is 5.75. The largest absolute Gasteiger partial charge is 0.454 e. The molecular formula is C13H12N2O3S3. The van der Waals surface area contributed by atoms with Gasteiger partial charge in [-0.3, -0.25) is 4.79 Å². The topological polar surface area (TPSA) is 61.3 Å². The molecule has 0 unspecified atom stereocenters. The zero-order chi connectivity index (χ0) is 14.7. The van der Waals surface area contributed by atoms with Crippen LogP contribution in [-0.2, 0) is 0 Å². The second-order valence-corrected chi connectivity index (χ2v) is 7.76. The molecule has 1 aliphatic rings. The molecule has 0 N–H and O–H groups in total. The van der Waals surface area contributed by atoms with E-state index in [0.717, 1.165) is 14.4 Å². The molecule has 0 saturated heterocycles. The number of carbonyl (C=O) groups excluding carboxylic acids is 1. The van der Waals surface area contributed by atoms with Crippen LogP contribution in [0.3, 0.4) is 0 Å². The van der Waals surface area contributed by atoms with Crippen molar-refractivity contribution in [2.45, 2.75) is 15.6 Å². The van der Waals surface area contributed by atoms with Crippen LogP contribution in [0.25, 0.3) is 0 Å². The SMILES string of the molecule is CCSc1nnc(SCC(=O)c2ccc3c(c2)OCO3)s1. The minimum atomic E-state index is 0.0400. The highest BCUT2D eigenvalue weighted by molar-refractivity contribution is 8.03. The van der Waals surface area contributed by atoms with Gasteiger partial charge < -0.3 is 9.47 Å². The fourth-order valence-electron chi connectivity index (χ4n) is 1.72. The van der Waals surface area contributed by atoms with Crippen LogP contribution in [-0.4, -0.2) is 34.3 Å². The zero-order valence-corrected chi connectivity index (χ0v) is 13.6. The summed E-state index contributed by atoms with van der Waals surface area (Å²) < 4.78 is 12.3. The fourth-order valence-corrected chi connectivity index (χ4v) is 4.53. The molecule has 3 rings (SSSR count). The van der Waals surface area contributed by atoms with E-state index < -0.39 is 0 Å². The number of aromatic nitrogens is 2. The number of hydrogen-bond acceptors (Lipinski definition) is 8. The lowest BCUT2D eigenvalue weighted by atomic mass is 10.1. The first-order valence-corrected chi connectivity index (χ1v) is 9.07. The van der Waals surface area contributed by atoms with Crippen molar-refractivity contribution in [3.8, 4) is 11.5 Å². The Morgan fingerprint density at radius 3 is 2.81 bits per heavy atom. The van der Waals surface area contributed by atoms with Crippen LogP contribution < -0.4 is 9.47 Å². The van der Waals surface area contributed by atoms with Gasteiger partial charge in [-0.05, 0) is 24.0 Å². The molecule has 1 aromatic heterocycles. The van der Waals surface area contributed by atoms with Gasteiger partial charge in [-0.15, -0.1) is 10.2 Å². The Balaban J connectivity index is 1.60. The summed E-state index contributed by atoms with van der Waals surface area (Å²) in [4.78, 5) is 12.2. The van der Waals surface area contributed by atoms with Crippen LogP contribution in [0, 0.1) is 0 Å². The molecule has 0 bridgehead atoms. The first kappa shape index (κ1) is 14.7. The molecule has 8 heteroatoms. The predicted molar refractivity (Wildman–Crippen MR) is 83.9 cm³/mol. The van der Waals surface area contributed by atoms with E-state index in [9.17, 15) is 4.79 Å². The number of nitrogens with zero attached hydrogens (tertiary/aromatic N) is 2. The van der Waals surface area contributed by atoms with Crippen LogP contribution in [0.4, 0.5) is 0 Å². The smallest absolute Gasteiger partial charge is 0.231 e. The van der Waals surface area contributed by atoms with Gasteiger partial charge in [0.25, 0.3) is 0 Å². The summed E-state index contributed by atoms with van der Waals surface area (Å²) in [6.07, 6.45) is 0. The van der Waals surface area contributed by atoms with E-state index in [4.69, 9.17) is 9.47 Å². The molecule has 0 aliphatic carbocycles. The highest BCUT2D eigenvalue weighted by Crippen LogP contribution is 2.33. The maximum atomic E-state index is 12.2. The van der Waals surface area contributed by atoms with Crippen LogP contribution in [0.15, 0.2) is 26.9 Å². The summed E-state index contributed by atoms with van der Waals surface area (Å²) in [5.74, 6) is 2.66. The maximum Gasteiger partial charge on any atom is 0.231 e. The van der Waals surface area contributed by atoms with E-state index in [1.165, 1.54) is 23.1 Å². The minimum absolute atomic E-state index is 0.0400. The summed E-state index contributed by atoms with van der Waals surface area (Å²) in [7, 11) is 0. The van der Waals surface area contributed by atoms with Gasteiger partial charge in [-0.2, -0.15) is 0 Å². The molecule has 2 heterocycles. The molecule has 2 aromatic rings. The van der Waals surface area contributed by atoms with Crippen LogP contribution in [0.5, 0.6) is 11.5 Å². The van der Waals surface area contributed by atoms with Crippen molar-refractivity contribution in [3.05, 3.63) is 23.8 Å². The number of ether oxygens (including phenoxy) is 2. The summed E-state index contributed by atoms with van der Waals surface area (Å²) in [6, 6.07) is 5.25. The molecule has 0 saturated carbocycles. The summed E-state index contributed by atoms with van der Waals surface area (Å²) >= 11 is 4.59. The van der Waals surface area contributed by atoms with Crippen LogP contribution in [0.2, 0.25) is 0 Å². The monoisotopic (exact) mass is 340 g/mol. The van der Waals surface area contributed by atoms with E-state index in [2.05, 4.69) is 17.1 Å². The Hall–Kier alpha value is -1.25. The molecule has 5 nitrogen and oxygen atoms in total. The Morgan fingerprint density at radius 2 is 2.00 bits per heavy atom. The van der Waals surface area contributed by atoms with Gasteiger partial charge in [0.2, 0.25) is 6.79 Å². The molecule has 110 valence electrons. The normalized spacial score (nSPS) is 12.6. The number of carbonyl (C=O) groups is 1. The molecular weight excluding hydrogens is 328 g/mol. The van der Waals surface area contributed by atoms with Crippen molar-refractivity contribution < 1.29 is 14.3 Å². The van der Waals surface area contributed by atoms with E-state index in [1.807, 2.05) is 0 Å².